The van der Waals surface area contributed by atoms with Crippen LogP contribution in [-0.4, -0.2) is 61.2 Å². The lowest BCUT2D eigenvalue weighted by Crippen LogP contribution is -2.36. The smallest absolute Gasteiger partial charge is 0.264 e. The Kier molecular flexibility index (Phi) is 5.39. The van der Waals surface area contributed by atoms with Gasteiger partial charge in [0.25, 0.3) is 5.56 Å². The van der Waals surface area contributed by atoms with Crippen LogP contribution >= 0.6 is 11.3 Å². The summed E-state index contributed by atoms with van der Waals surface area (Å²) in [6.07, 6.45) is 1.44. The molecule has 1 aromatic carbocycles. The second-order valence-corrected chi connectivity index (χ2v) is 9.34. The highest BCUT2D eigenvalue weighted by Crippen LogP contribution is 2.35. The quantitative estimate of drug-likeness (QED) is 0.337. The molecule has 2 aliphatic rings. The number of para-hydroxylation sites is 1. The number of thiazole rings is 1. The number of rotatable bonds is 6. The van der Waals surface area contributed by atoms with E-state index in [4.69, 9.17) is 0 Å². The standard InChI is InChI=1S/C21H25N5O4S/c27-9-10-8-13(17(29)16(10)28)23-18-15(20-24-12-6-1-2-7-14(12)31-20)19(30)26-21(25-18)22-11-4-3-5-11/h1-2,6-7,10-11,13,16-17,27-29H,3-5,8-9H2,(H3,22,23,25,26,30). The van der Waals surface area contributed by atoms with E-state index in [0.29, 0.717) is 28.8 Å². The number of nitrogens with zero attached hydrogens (tertiary/aromatic N) is 2. The summed E-state index contributed by atoms with van der Waals surface area (Å²) < 4.78 is 0.955. The van der Waals surface area contributed by atoms with Crippen molar-refractivity contribution in [3.63, 3.8) is 0 Å². The Labute approximate surface area is 182 Å². The van der Waals surface area contributed by atoms with Gasteiger partial charge >= 0.3 is 0 Å². The van der Waals surface area contributed by atoms with Crippen molar-refractivity contribution >= 4 is 33.3 Å². The van der Waals surface area contributed by atoms with Crippen molar-refractivity contribution in [2.45, 2.75) is 50.0 Å². The van der Waals surface area contributed by atoms with Crippen molar-refractivity contribution in [2.24, 2.45) is 5.92 Å². The molecule has 0 bridgehead atoms. The van der Waals surface area contributed by atoms with E-state index in [0.717, 1.165) is 29.5 Å². The van der Waals surface area contributed by atoms with Crippen molar-refractivity contribution in [3.8, 4) is 10.6 Å². The molecule has 2 heterocycles. The summed E-state index contributed by atoms with van der Waals surface area (Å²) in [7, 11) is 0. The predicted molar refractivity (Wildman–Crippen MR) is 119 cm³/mol. The third-order valence-electron chi connectivity index (χ3n) is 6.23. The third kappa shape index (κ3) is 3.80. The molecule has 2 aromatic heterocycles. The number of anilines is 2. The fraction of sp³-hybridized carbons (Fsp3) is 0.476. The van der Waals surface area contributed by atoms with Gasteiger partial charge in [-0.15, -0.1) is 11.3 Å². The van der Waals surface area contributed by atoms with E-state index in [2.05, 4.69) is 25.6 Å². The van der Waals surface area contributed by atoms with Crippen LogP contribution in [0.3, 0.4) is 0 Å². The van der Waals surface area contributed by atoms with Gasteiger partial charge in [0.15, 0.2) is 0 Å². The van der Waals surface area contributed by atoms with Crippen molar-refractivity contribution in [2.75, 3.05) is 17.2 Å². The molecule has 164 valence electrons. The highest BCUT2D eigenvalue weighted by atomic mass is 32.1. The van der Waals surface area contributed by atoms with Gasteiger partial charge in [0.1, 0.15) is 22.5 Å². The van der Waals surface area contributed by atoms with E-state index >= 15 is 0 Å². The lowest BCUT2D eigenvalue weighted by molar-refractivity contribution is 0.00446. The monoisotopic (exact) mass is 443 g/mol. The van der Waals surface area contributed by atoms with Crippen LogP contribution in [0, 0.1) is 5.92 Å². The fourth-order valence-electron chi connectivity index (χ4n) is 4.19. The van der Waals surface area contributed by atoms with Crippen molar-refractivity contribution in [1.29, 1.82) is 0 Å². The van der Waals surface area contributed by atoms with Crippen LogP contribution < -0.4 is 16.2 Å². The first-order chi connectivity index (χ1) is 15.0. The van der Waals surface area contributed by atoms with Gasteiger partial charge in [0.2, 0.25) is 5.95 Å². The minimum atomic E-state index is -1.08. The van der Waals surface area contributed by atoms with Crippen LogP contribution in [0.1, 0.15) is 25.7 Å². The molecular weight excluding hydrogens is 418 g/mol. The molecule has 9 nitrogen and oxygen atoms in total. The molecule has 0 amide bonds. The van der Waals surface area contributed by atoms with Crippen molar-refractivity contribution in [3.05, 3.63) is 34.6 Å². The minimum absolute atomic E-state index is 0.224. The Morgan fingerprint density at radius 1 is 1.13 bits per heavy atom. The Morgan fingerprint density at radius 2 is 1.94 bits per heavy atom. The summed E-state index contributed by atoms with van der Waals surface area (Å²) in [5.74, 6) is 0.237. The van der Waals surface area contributed by atoms with Gasteiger partial charge in [-0.05, 0) is 37.8 Å². The van der Waals surface area contributed by atoms with Crippen molar-refractivity contribution in [1.82, 2.24) is 15.0 Å². The summed E-state index contributed by atoms with van der Waals surface area (Å²) >= 11 is 1.40. The van der Waals surface area contributed by atoms with Gasteiger partial charge in [-0.2, -0.15) is 4.98 Å². The van der Waals surface area contributed by atoms with Crippen LogP contribution in [0.4, 0.5) is 11.8 Å². The molecule has 4 atom stereocenters. The second-order valence-electron chi connectivity index (χ2n) is 8.31. The summed E-state index contributed by atoms with van der Waals surface area (Å²) in [5, 5.41) is 37.1. The SMILES string of the molecule is O=c1[nH]c(NC2CCC2)nc(NC2CC(CO)C(O)C2O)c1-c1nc2ccccc2s1. The van der Waals surface area contributed by atoms with E-state index < -0.39 is 24.2 Å². The average molecular weight is 444 g/mol. The van der Waals surface area contributed by atoms with E-state index in [9.17, 15) is 20.1 Å². The van der Waals surface area contributed by atoms with Gasteiger partial charge in [0.05, 0.1) is 22.4 Å². The molecule has 4 unspecified atom stereocenters. The Hall–Kier alpha value is -2.53. The molecular formula is C21H25N5O4S. The molecule has 5 rings (SSSR count). The van der Waals surface area contributed by atoms with E-state index in [-0.39, 0.29) is 18.2 Å². The Bertz CT molecular complexity index is 1110. The molecule has 2 fully saturated rings. The highest BCUT2D eigenvalue weighted by Gasteiger charge is 2.41. The topological polar surface area (TPSA) is 143 Å². The lowest BCUT2D eigenvalue weighted by atomic mass is 9.93. The fourth-order valence-corrected chi connectivity index (χ4v) is 5.20. The number of aromatic nitrogens is 3. The Morgan fingerprint density at radius 3 is 2.61 bits per heavy atom. The molecule has 3 aromatic rings. The minimum Gasteiger partial charge on any atom is -0.396 e. The zero-order valence-corrected chi connectivity index (χ0v) is 17.6. The van der Waals surface area contributed by atoms with Gasteiger partial charge in [-0.25, -0.2) is 4.98 Å². The summed E-state index contributed by atoms with van der Waals surface area (Å²) in [6, 6.07) is 7.38. The number of H-pyrrole nitrogens is 1. The number of fused-ring (bicyclic) bond motifs is 1. The third-order valence-corrected chi connectivity index (χ3v) is 7.29. The number of aliphatic hydroxyl groups is 3. The number of nitrogens with one attached hydrogen (secondary N) is 3. The van der Waals surface area contributed by atoms with Crippen LogP contribution in [0.15, 0.2) is 29.1 Å². The number of hydrogen-bond acceptors (Lipinski definition) is 9. The van der Waals surface area contributed by atoms with Gasteiger partial charge in [0, 0.05) is 18.6 Å². The van der Waals surface area contributed by atoms with Gasteiger partial charge in [-0.1, -0.05) is 12.1 Å². The average Bonchev–Trinajstić information content (AvgIpc) is 3.26. The number of benzene rings is 1. The maximum Gasteiger partial charge on any atom is 0.264 e. The lowest BCUT2D eigenvalue weighted by Gasteiger charge is -2.27. The molecule has 0 saturated heterocycles. The van der Waals surface area contributed by atoms with Gasteiger partial charge < -0.3 is 26.0 Å². The maximum absolute atomic E-state index is 13.1. The summed E-state index contributed by atoms with van der Waals surface area (Å²) in [4.78, 5) is 25.1. The molecule has 6 N–H and O–H groups in total. The number of hydrogen-bond donors (Lipinski definition) is 6. The summed E-state index contributed by atoms with van der Waals surface area (Å²) in [5.41, 5.74) is 0.765. The Balaban J connectivity index is 1.55. The first kappa shape index (κ1) is 20.4. The molecule has 0 aliphatic heterocycles. The number of aliphatic hydroxyl groups excluding tert-OH is 3. The molecule has 2 aliphatic carbocycles. The van der Waals surface area contributed by atoms with Crippen molar-refractivity contribution < 1.29 is 15.3 Å². The zero-order chi connectivity index (χ0) is 21.5. The molecule has 2 saturated carbocycles. The maximum atomic E-state index is 13.1. The van der Waals surface area contributed by atoms with Crippen LogP contribution in [0.25, 0.3) is 20.8 Å². The summed E-state index contributed by atoms with van der Waals surface area (Å²) in [6.45, 7) is -0.224. The molecule has 31 heavy (non-hydrogen) atoms. The van der Waals surface area contributed by atoms with Gasteiger partial charge in [-0.3, -0.25) is 9.78 Å². The largest absolute Gasteiger partial charge is 0.396 e. The predicted octanol–water partition coefficient (Wildman–Crippen LogP) is 1.53. The molecule has 0 radical (unpaired) electrons. The normalized spacial score (nSPS) is 26.2. The second kappa shape index (κ2) is 8.19. The van der Waals surface area contributed by atoms with Crippen LogP contribution in [-0.2, 0) is 0 Å². The van der Waals surface area contributed by atoms with Crippen LogP contribution in [0.2, 0.25) is 0 Å². The number of aromatic amines is 1. The van der Waals surface area contributed by atoms with E-state index in [1.165, 1.54) is 11.3 Å². The van der Waals surface area contributed by atoms with E-state index in [1.807, 2.05) is 24.3 Å². The highest BCUT2D eigenvalue weighted by molar-refractivity contribution is 7.21. The molecule has 10 heteroatoms. The first-order valence-electron chi connectivity index (χ1n) is 10.5. The zero-order valence-electron chi connectivity index (χ0n) is 16.8. The van der Waals surface area contributed by atoms with Crippen LogP contribution in [0.5, 0.6) is 0 Å². The molecule has 0 spiro atoms. The van der Waals surface area contributed by atoms with E-state index in [1.54, 1.807) is 0 Å². The first-order valence-corrected chi connectivity index (χ1v) is 11.4.